The van der Waals surface area contributed by atoms with Crippen molar-refractivity contribution in [2.75, 3.05) is 11.1 Å². The molecule has 152 valence electrons. The largest absolute Gasteiger partial charge is 0.360 e. The molecule has 1 N–H and O–H groups in total. The number of thioether (sulfide) groups is 1. The van der Waals surface area contributed by atoms with Gasteiger partial charge >= 0.3 is 0 Å². The van der Waals surface area contributed by atoms with Gasteiger partial charge in [-0.25, -0.2) is 18.7 Å². The summed E-state index contributed by atoms with van der Waals surface area (Å²) in [7, 11) is 0. The number of anilines is 1. The van der Waals surface area contributed by atoms with Gasteiger partial charge < -0.3 is 5.32 Å². The molecule has 0 aromatic carbocycles. The number of nitrogens with zero attached hydrogens (tertiary/aromatic N) is 5. The predicted octanol–water partition coefficient (Wildman–Crippen LogP) is 3.71. The summed E-state index contributed by atoms with van der Waals surface area (Å²) in [6, 6.07) is 3.77. The summed E-state index contributed by atoms with van der Waals surface area (Å²) in [6.45, 7) is 3.59. The third-order valence-corrected chi connectivity index (χ3v) is 5.88. The molecular weight excluding hydrogens is 422 g/mol. The summed E-state index contributed by atoms with van der Waals surface area (Å²) in [5.41, 5.74) is -1.50. The van der Waals surface area contributed by atoms with Crippen LogP contribution < -0.4 is 10.9 Å². The first kappa shape index (κ1) is 20.0. The van der Waals surface area contributed by atoms with Crippen LogP contribution in [0.1, 0.15) is 26.0 Å². The highest BCUT2D eigenvalue weighted by Crippen LogP contribution is 2.58. The summed E-state index contributed by atoms with van der Waals surface area (Å²) in [5, 5.41) is 2.76. The van der Waals surface area contributed by atoms with E-state index in [-0.39, 0.29) is 28.8 Å². The van der Waals surface area contributed by atoms with Gasteiger partial charge in [-0.15, -0.1) is 11.8 Å². The molecule has 7 nitrogen and oxygen atoms in total. The minimum Gasteiger partial charge on any atom is -0.360 e. The van der Waals surface area contributed by atoms with E-state index >= 15 is 0 Å². The van der Waals surface area contributed by atoms with Crippen LogP contribution in [-0.2, 0) is 12.1 Å². The van der Waals surface area contributed by atoms with Crippen molar-refractivity contribution in [3.05, 3.63) is 45.9 Å². The third kappa shape index (κ3) is 3.55. The van der Waals surface area contributed by atoms with Gasteiger partial charge in [-0.05, 0) is 36.4 Å². The molecular formula is C18H17ClF2N6OS. The number of halogens is 3. The van der Waals surface area contributed by atoms with Crippen molar-refractivity contribution in [2.45, 2.75) is 43.2 Å². The first-order valence-electron chi connectivity index (χ1n) is 8.90. The molecule has 1 saturated carbocycles. The van der Waals surface area contributed by atoms with Crippen molar-refractivity contribution in [2.24, 2.45) is 0 Å². The van der Waals surface area contributed by atoms with Crippen molar-refractivity contribution < 1.29 is 8.78 Å². The first-order chi connectivity index (χ1) is 13.7. The van der Waals surface area contributed by atoms with Crippen molar-refractivity contribution >= 4 is 40.3 Å². The molecule has 4 rings (SSSR count). The van der Waals surface area contributed by atoms with Crippen LogP contribution in [-0.4, -0.2) is 36.2 Å². The van der Waals surface area contributed by atoms with Crippen LogP contribution in [0, 0.1) is 0 Å². The highest BCUT2D eigenvalue weighted by Gasteiger charge is 2.70. The van der Waals surface area contributed by atoms with Crippen molar-refractivity contribution in [1.29, 1.82) is 0 Å². The zero-order valence-corrected chi connectivity index (χ0v) is 17.2. The van der Waals surface area contributed by atoms with E-state index in [2.05, 4.69) is 32.2 Å². The monoisotopic (exact) mass is 438 g/mol. The van der Waals surface area contributed by atoms with E-state index in [1.807, 2.05) is 12.1 Å². The van der Waals surface area contributed by atoms with Gasteiger partial charge in [-0.3, -0.25) is 14.3 Å². The zero-order chi connectivity index (χ0) is 20.8. The highest BCUT2D eigenvalue weighted by atomic mass is 35.5. The molecule has 29 heavy (non-hydrogen) atoms. The van der Waals surface area contributed by atoms with Gasteiger partial charge in [-0.2, -0.15) is 4.98 Å². The van der Waals surface area contributed by atoms with Crippen LogP contribution >= 0.6 is 23.4 Å². The predicted molar refractivity (Wildman–Crippen MR) is 108 cm³/mol. The van der Waals surface area contributed by atoms with Crippen LogP contribution in [0.25, 0.3) is 11.2 Å². The quantitative estimate of drug-likeness (QED) is 0.463. The first-order valence-corrected chi connectivity index (χ1v) is 10.3. The average Bonchev–Trinajstić information content (AvgIpc) is 3.19. The standard InChI is InChI=1S/C18H17ClF2N6OS/c1-3-29-11-5-4-10(22-7-11)6-23-13-15(28)27(17(2)9-18(17,20)21)14-12(25-13)8-24-16(19)26-14/h4-5,7-8H,3,6,9H2,1-2H3,(H,23,25). The topological polar surface area (TPSA) is 85.6 Å². The van der Waals surface area contributed by atoms with Crippen molar-refractivity contribution in [1.82, 2.24) is 24.5 Å². The van der Waals surface area contributed by atoms with Crippen LogP contribution in [0.15, 0.2) is 34.2 Å². The molecule has 1 fully saturated rings. The molecule has 0 spiro atoms. The Morgan fingerprint density at radius 1 is 1.28 bits per heavy atom. The van der Waals surface area contributed by atoms with E-state index in [0.717, 1.165) is 15.2 Å². The second kappa shape index (κ2) is 7.17. The zero-order valence-electron chi connectivity index (χ0n) is 15.6. The molecule has 3 heterocycles. The minimum atomic E-state index is -3.02. The molecule has 3 aromatic heterocycles. The Morgan fingerprint density at radius 3 is 2.66 bits per heavy atom. The van der Waals surface area contributed by atoms with Crippen molar-refractivity contribution in [3.63, 3.8) is 0 Å². The van der Waals surface area contributed by atoms with Crippen LogP contribution in [0.4, 0.5) is 14.6 Å². The number of fused-ring (bicyclic) bond motifs is 1. The lowest BCUT2D eigenvalue weighted by atomic mass is 10.3. The van der Waals surface area contributed by atoms with E-state index in [1.165, 1.54) is 13.1 Å². The van der Waals surface area contributed by atoms with Gasteiger partial charge in [0.05, 0.1) is 18.4 Å². The van der Waals surface area contributed by atoms with Crippen molar-refractivity contribution in [3.8, 4) is 0 Å². The Morgan fingerprint density at radius 2 is 2.03 bits per heavy atom. The lowest BCUT2D eigenvalue weighted by Crippen LogP contribution is -2.35. The average molecular weight is 439 g/mol. The number of pyridine rings is 1. The molecule has 1 unspecified atom stereocenters. The van der Waals surface area contributed by atoms with Gasteiger partial charge in [0.25, 0.3) is 11.5 Å². The smallest absolute Gasteiger partial charge is 0.295 e. The number of hydrogen-bond donors (Lipinski definition) is 1. The Balaban J connectivity index is 1.71. The molecule has 1 aliphatic carbocycles. The Labute approximate surface area is 173 Å². The fourth-order valence-electron chi connectivity index (χ4n) is 3.11. The summed E-state index contributed by atoms with van der Waals surface area (Å²) in [4.78, 5) is 30.4. The van der Waals surface area contributed by atoms with E-state index in [4.69, 9.17) is 11.6 Å². The summed E-state index contributed by atoms with van der Waals surface area (Å²) in [5.74, 6) is -2.15. The minimum absolute atomic E-state index is 0.0145. The van der Waals surface area contributed by atoms with Gasteiger partial charge in [0.2, 0.25) is 5.28 Å². The number of nitrogens with one attached hydrogen (secondary N) is 1. The fourth-order valence-corrected chi connectivity index (χ4v) is 3.86. The van der Waals surface area contributed by atoms with Gasteiger partial charge in [0.1, 0.15) is 11.1 Å². The molecule has 0 radical (unpaired) electrons. The molecule has 11 heteroatoms. The van der Waals surface area contributed by atoms with Crippen LogP contribution in [0.2, 0.25) is 5.28 Å². The Hall–Kier alpha value is -2.33. The molecule has 3 aromatic rings. The molecule has 0 bridgehead atoms. The lowest BCUT2D eigenvalue weighted by molar-refractivity contribution is 0.0733. The Kier molecular flexibility index (Phi) is 4.94. The maximum Gasteiger partial charge on any atom is 0.295 e. The third-order valence-electron chi connectivity index (χ3n) is 4.84. The molecule has 0 saturated heterocycles. The molecule has 1 atom stereocenters. The fraction of sp³-hybridized carbons (Fsp3) is 0.389. The molecule has 0 amide bonds. The number of rotatable bonds is 6. The van der Waals surface area contributed by atoms with E-state index in [0.29, 0.717) is 5.69 Å². The lowest BCUT2D eigenvalue weighted by Gasteiger charge is -2.18. The summed E-state index contributed by atoms with van der Waals surface area (Å²) < 4.78 is 29.1. The number of hydrogen-bond acceptors (Lipinski definition) is 7. The SMILES string of the molecule is CCSc1ccc(CNc2nc3cnc(Cl)nc3n(C3(C)CC3(F)F)c2=O)nc1. The maximum absolute atomic E-state index is 14.1. The van der Waals surface area contributed by atoms with Crippen LogP contribution in [0.3, 0.4) is 0 Å². The normalized spacial score (nSPS) is 20.0. The summed E-state index contributed by atoms with van der Waals surface area (Å²) in [6.07, 6.45) is 2.60. The number of alkyl halides is 2. The van der Waals surface area contributed by atoms with E-state index < -0.39 is 23.4 Å². The van der Waals surface area contributed by atoms with Gasteiger partial charge in [0, 0.05) is 17.5 Å². The second-order valence-electron chi connectivity index (χ2n) is 6.88. The number of aromatic nitrogens is 5. The highest BCUT2D eigenvalue weighted by molar-refractivity contribution is 7.99. The van der Waals surface area contributed by atoms with E-state index in [1.54, 1.807) is 18.0 Å². The van der Waals surface area contributed by atoms with E-state index in [9.17, 15) is 13.6 Å². The Bertz CT molecular complexity index is 1140. The van der Waals surface area contributed by atoms with Gasteiger partial charge in [-0.1, -0.05) is 6.92 Å². The maximum atomic E-state index is 14.1. The molecule has 0 aliphatic heterocycles. The molecule has 1 aliphatic rings. The summed E-state index contributed by atoms with van der Waals surface area (Å²) >= 11 is 7.49. The van der Waals surface area contributed by atoms with Crippen LogP contribution in [0.5, 0.6) is 0 Å². The second-order valence-corrected chi connectivity index (χ2v) is 8.55. The van der Waals surface area contributed by atoms with Gasteiger partial charge in [0.15, 0.2) is 11.5 Å².